The first-order valence-corrected chi connectivity index (χ1v) is 4.48. The van der Waals surface area contributed by atoms with E-state index in [1.807, 2.05) is 6.92 Å². The van der Waals surface area contributed by atoms with E-state index in [1.165, 1.54) is 24.3 Å². The van der Waals surface area contributed by atoms with Crippen molar-refractivity contribution in [2.45, 2.75) is 19.8 Å². The summed E-state index contributed by atoms with van der Waals surface area (Å²) in [5, 5.41) is 0. The quantitative estimate of drug-likeness (QED) is 0.544. The van der Waals surface area contributed by atoms with Crippen LogP contribution in [0.4, 0.5) is 4.39 Å². The zero-order valence-electron chi connectivity index (χ0n) is 7.92. The summed E-state index contributed by atoms with van der Waals surface area (Å²) in [5.74, 6) is -1.37. The summed E-state index contributed by atoms with van der Waals surface area (Å²) < 4.78 is 12.5. The lowest BCUT2D eigenvalue weighted by Crippen LogP contribution is -2.13. The smallest absolute Gasteiger partial charge is 0.228 e. The molecular weight excluding hydrogens is 183 g/mol. The van der Waals surface area contributed by atoms with Crippen LogP contribution >= 0.6 is 0 Å². The second-order valence-electron chi connectivity index (χ2n) is 3.01. The standard InChI is InChI=1S/C11H11FO2/c1-2-3-10(13)11(14)8-4-6-9(12)7-5-8/h4-7H,2-3H2,1H3. The highest BCUT2D eigenvalue weighted by molar-refractivity contribution is 6.43. The molecule has 1 rings (SSSR count). The molecule has 0 spiro atoms. The van der Waals surface area contributed by atoms with Crippen LogP contribution < -0.4 is 0 Å². The number of halogens is 1. The number of carbonyl (C=O) groups is 2. The molecule has 0 heterocycles. The van der Waals surface area contributed by atoms with Crippen LogP contribution in [0.5, 0.6) is 0 Å². The first kappa shape index (κ1) is 10.6. The van der Waals surface area contributed by atoms with Crippen LogP contribution in [-0.4, -0.2) is 11.6 Å². The molecule has 0 bridgehead atoms. The predicted molar refractivity (Wildman–Crippen MR) is 50.6 cm³/mol. The summed E-state index contributed by atoms with van der Waals surface area (Å²) in [6.07, 6.45) is 0.891. The second-order valence-corrected chi connectivity index (χ2v) is 3.01. The molecule has 0 N–H and O–H groups in total. The third kappa shape index (κ3) is 2.49. The average molecular weight is 194 g/mol. The van der Waals surface area contributed by atoms with E-state index < -0.39 is 17.4 Å². The van der Waals surface area contributed by atoms with Gasteiger partial charge in [0.2, 0.25) is 11.6 Å². The molecule has 0 radical (unpaired) electrons. The largest absolute Gasteiger partial charge is 0.290 e. The van der Waals surface area contributed by atoms with E-state index in [2.05, 4.69) is 0 Å². The van der Waals surface area contributed by atoms with Gasteiger partial charge >= 0.3 is 0 Å². The SMILES string of the molecule is CCCC(=O)C(=O)c1ccc(F)cc1. The van der Waals surface area contributed by atoms with E-state index in [-0.39, 0.29) is 12.0 Å². The van der Waals surface area contributed by atoms with Gasteiger partial charge in [-0.25, -0.2) is 4.39 Å². The second kappa shape index (κ2) is 4.65. The van der Waals surface area contributed by atoms with Crippen molar-refractivity contribution in [3.63, 3.8) is 0 Å². The van der Waals surface area contributed by atoms with Crippen molar-refractivity contribution >= 4 is 11.6 Å². The first-order chi connectivity index (χ1) is 6.65. The highest BCUT2D eigenvalue weighted by atomic mass is 19.1. The minimum atomic E-state index is -0.535. The van der Waals surface area contributed by atoms with Gasteiger partial charge in [-0.2, -0.15) is 0 Å². The maximum Gasteiger partial charge on any atom is 0.228 e. The lowest BCUT2D eigenvalue weighted by molar-refractivity contribution is -0.115. The van der Waals surface area contributed by atoms with E-state index in [0.717, 1.165) is 0 Å². The van der Waals surface area contributed by atoms with Gasteiger partial charge in [-0.1, -0.05) is 6.92 Å². The van der Waals surface area contributed by atoms with Crippen molar-refractivity contribution in [1.29, 1.82) is 0 Å². The van der Waals surface area contributed by atoms with Gasteiger partial charge in [-0.05, 0) is 30.7 Å². The van der Waals surface area contributed by atoms with Crippen molar-refractivity contribution in [2.75, 3.05) is 0 Å². The molecule has 2 nitrogen and oxygen atoms in total. The Morgan fingerprint density at radius 1 is 1.21 bits per heavy atom. The van der Waals surface area contributed by atoms with Crippen LogP contribution in [0.3, 0.4) is 0 Å². The van der Waals surface area contributed by atoms with Gasteiger partial charge in [0.05, 0.1) is 0 Å². The number of hydrogen-bond donors (Lipinski definition) is 0. The Bertz CT molecular complexity index is 341. The molecule has 0 amide bonds. The molecule has 0 fully saturated rings. The first-order valence-electron chi connectivity index (χ1n) is 4.48. The van der Waals surface area contributed by atoms with Crippen molar-refractivity contribution in [3.05, 3.63) is 35.6 Å². The molecule has 0 aromatic heterocycles. The van der Waals surface area contributed by atoms with Crippen molar-refractivity contribution in [2.24, 2.45) is 0 Å². The fourth-order valence-corrected chi connectivity index (χ4v) is 1.10. The van der Waals surface area contributed by atoms with Gasteiger partial charge in [-0.15, -0.1) is 0 Å². The third-order valence-corrected chi connectivity index (χ3v) is 1.84. The Labute approximate surface area is 81.7 Å². The predicted octanol–water partition coefficient (Wildman–Crippen LogP) is 2.38. The van der Waals surface area contributed by atoms with Crippen molar-refractivity contribution < 1.29 is 14.0 Å². The van der Waals surface area contributed by atoms with Crippen molar-refractivity contribution in [1.82, 2.24) is 0 Å². The molecule has 0 saturated carbocycles. The number of hydrogen-bond acceptors (Lipinski definition) is 2. The molecule has 1 aromatic rings. The lowest BCUT2D eigenvalue weighted by atomic mass is 10.0. The molecule has 74 valence electrons. The van der Waals surface area contributed by atoms with Crippen LogP contribution in [-0.2, 0) is 4.79 Å². The molecule has 3 heteroatoms. The molecule has 0 unspecified atom stereocenters. The molecule has 1 aromatic carbocycles. The summed E-state index contributed by atoms with van der Waals surface area (Å²) in [5.41, 5.74) is 0.254. The summed E-state index contributed by atoms with van der Waals surface area (Å²) >= 11 is 0. The topological polar surface area (TPSA) is 34.1 Å². The molecule has 0 aliphatic carbocycles. The maximum absolute atomic E-state index is 12.5. The average Bonchev–Trinajstić information content (AvgIpc) is 2.18. The summed E-state index contributed by atoms with van der Waals surface area (Å²) in [6, 6.07) is 5.00. The Morgan fingerprint density at radius 2 is 1.79 bits per heavy atom. The fraction of sp³-hybridized carbons (Fsp3) is 0.273. The minimum absolute atomic E-state index is 0.246. The number of carbonyl (C=O) groups excluding carboxylic acids is 2. The maximum atomic E-state index is 12.5. The molecule has 0 saturated heterocycles. The van der Waals surface area contributed by atoms with Gasteiger partial charge in [0.15, 0.2) is 0 Å². The molecule has 0 aliphatic heterocycles. The highest BCUT2D eigenvalue weighted by Gasteiger charge is 2.14. The summed E-state index contributed by atoms with van der Waals surface area (Å²) in [7, 11) is 0. The van der Waals surface area contributed by atoms with Crippen molar-refractivity contribution in [3.8, 4) is 0 Å². The van der Waals surface area contributed by atoms with E-state index in [0.29, 0.717) is 6.42 Å². The van der Waals surface area contributed by atoms with Crippen LogP contribution in [0, 0.1) is 5.82 Å². The molecule has 14 heavy (non-hydrogen) atoms. The molecular formula is C11H11FO2. The van der Waals surface area contributed by atoms with Crippen LogP contribution in [0.1, 0.15) is 30.1 Å². The Kier molecular flexibility index (Phi) is 3.51. The third-order valence-electron chi connectivity index (χ3n) is 1.84. The number of benzene rings is 1. The van der Waals surface area contributed by atoms with Crippen LogP contribution in [0.15, 0.2) is 24.3 Å². The summed E-state index contributed by atoms with van der Waals surface area (Å²) in [6.45, 7) is 1.83. The normalized spacial score (nSPS) is 9.86. The number of Topliss-reactive ketones (excluding diaryl/α,β-unsaturated/α-hetero) is 2. The van der Waals surface area contributed by atoms with E-state index in [4.69, 9.17) is 0 Å². The van der Waals surface area contributed by atoms with Gasteiger partial charge in [0.25, 0.3) is 0 Å². The monoisotopic (exact) mass is 194 g/mol. The number of rotatable bonds is 4. The zero-order valence-corrected chi connectivity index (χ0v) is 7.92. The highest BCUT2D eigenvalue weighted by Crippen LogP contribution is 2.06. The Hall–Kier alpha value is -1.51. The van der Waals surface area contributed by atoms with E-state index in [1.54, 1.807) is 0 Å². The molecule has 0 aliphatic rings. The minimum Gasteiger partial charge on any atom is -0.290 e. The molecule has 0 atom stereocenters. The van der Waals surface area contributed by atoms with E-state index >= 15 is 0 Å². The number of ketones is 2. The zero-order chi connectivity index (χ0) is 10.6. The van der Waals surface area contributed by atoms with Crippen LogP contribution in [0.2, 0.25) is 0 Å². The van der Waals surface area contributed by atoms with Gasteiger partial charge in [-0.3, -0.25) is 9.59 Å². The summed E-state index contributed by atoms with van der Waals surface area (Å²) in [4.78, 5) is 22.6. The lowest BCUT2D eigenvalue weighted by Gasteiger charge is -1.98. The van der Waals surface area contributed by atoms with Gasteiger partial charge in [0, 0.05) is 12.0 Å². The fourth-order valence-electron chi connectivity index (χ4n) is 1.10. The Balaban J connectivity index is 2.79. The Morgan fingerprint density at radius 3 is 2.29 bits per heavy atom. The van der Waals surface area contributed by atoms with Gasteiger partial charge in [0.1, 0.15) is 5.82 Å². The van der Waals surface area contributed by atoms with Crippen LogP contribution in [0.25, 0.3) is 0 Å². The van der Waals surface area contributed by atoms with E-state index in [9.17, 15) is 14.0 Å². The van der Waals surface area contributed by atoms with Gasteiger partial charge < -0.3 is 0 Å².